The molecule has 116 valence electrons. The number of carbonyl (C=O) groups excluding carboxylic acids is 1. The van der Waals surface area contributed by atoms with Gasteiger partial charge in [-0.15, -0.1) is 11.3 Å². The lowest BCUT2D eigenvalue weighted by molar-refractivity contribution is -0.144. The molecule has 1 aliphatic carbocycles. The zero-order chi connectivity index (χ0) is 15.5. The molecular weight excluding hydrogens is 298 g/mol. The number of rotatable bonds is 7. The highest BCUT2D eigenvalue weighted by Gasteiger charge is 2.33. The summed E-state index contributed by atoms with van der Waals surface area (Å²) in [5.74, 6) is -0.950. The Balaban J connectivity index is 1.55. The number of fused-ring (bicyclic) bond motifs is 1. The number of hydrogen-bond acceptors (Lipinski definition) is 3. The third-order valence-electron chi connectivity index (χ3n) is 4.01. The molecule has 1 aromatic heterocycles. The number of aryl methyl sites for hydroxylation is 1. The van der Waals surface area contributed by atoms with Gasteiger partial charge in [0.1, 0.15) is 6.54 Å². The second-order valence-corrected chi connectivity index (χ2v) is 6.67. The Kier molecular flexibility index (Phi) is 4.43. The van der Waals surface area contributed by atoms with Crippen molar-refractivity contribution in [2.24, 2.45) is 0 Å². The molecule has 1 aromatic carbocycles. The largest absolute Gasteiger partial charge is 0.480 e. The van der Waals surface area contributed by atoms with Crippen molar-refractivity contribution in [1.29, 1.82) is 0 Å². The van der Waals surface area contributed by atoms with Gasteiger partial charge in [0.05, 0.1) is 0 Å². The lowest BCUT2D eigenvalue weighted by Gasteiger charge is -2.20. The van der Waals surface area contributed by atoms with Gasteiger partial charge in [-0.2, -0.15) is 0 Å². The highest BCUT2D eigenvalue weighted by Crippen LogP contribution is 2.29. The SMILES string of the molecule is O=C(O)CN(C(=O)CCCc1csc2ccccc12)C1CC1. The number of hydrogen-bond donors (Lipinski definition) is 1. The highest BCUT2D eigenvalue weighted by molar-refractivity contribution is 7.17. The minimum Gasteiger partial charge on any atom is -0.480 e. The number of thiophene rings is 1. The number of amides is 1. The van der Waals surface area contributed by atoms with Gasteiger partial charge in [-0.3, -0.25) is 9.59 Å². The van der Waals surface area contributed by atoms with Gasteiger partial charge in [-0.1, -0.05) is 18.2 Å². The van der Waals surface area contributed by atoms with Gasteiger partial charge in [0.25, 0.3) is 0 Å². The Hall–Kier alpha value is -1.88. The number of carbonyl (C=O) groups is 2. The highest BCUT2D eigenvalue weighted by atomic mass is 32.1. The first-order chi connectivity index (χ1) is 10.6. The van der Waals surface area contributed by atoms with Crippen molar-refractivity contribution in [1.82, 2.24) is 4.90 Å². The van der Waals surface area contributed by atoms with Crippen molar-refractivity contribution < 1.29 is 14.7 Å². The summed E-state index contributed by atoms with van der Waals surface area (Å²) >= 11 is 1.73. The second-order valence-electron chi connectivity index (χ2n) is 5.76. The van der Waals surface area contributed by atoms with Crippen LogP contribution in [0.1, 0.15) is 31.2 Å². The predicted molar refractivity (Wildman–Crippen MR) is 87.1 cm³/mol. The summed E-state index contributed by atoms with van der Waals surface area (Å²) in [6.45, 7) is -0.162. The number of carboxylic acid groups (broad SMARTS) is 1. The summed E-state index contributed by atoms with van der Waals surface area (Å²) < 4.78 is 1.27. The molecule has 22 heavy (non-hydrogen) atoms. The first-order valence-electron chi connectivity index (χ1n) is 7.61. The van der Waals surface area contributed by atoms with Gasteiger partial charge in [0.2, 0.25) is 5.91 Å². The average Bonchev–Trinajstić information content (AvgIpc) is 3.26. The van der Waals surface area contributed by atoms with E-state index in [2.05, 4.69) is 17.5 Å². The summed E-state index contributed by atoms with van der Waals surface area (Å²) in [7, 11) is 0. The number of nitrogens with zero attached hydrogens (tertiary/aromatic N) is 1. The Morgan fingerprint density at radius 3 is 2.77 bits per heavy atom. The van der Waals surface area contributed by atoms with Crippen molar-refractivity contribution in [3.63, 3.8) is 0 Å². The number of carboxylic acids is 1. The summed E-state index contributed by atoms with van der Waals surface area (Å²) in [6, 6.07) is 8.45. The molecule has 1 aliphatic rings. The third-order valence-corrected chi connectivity index (χ3v) is 5.02. The smallest absolute Gasteiger partial charge is 0.323 e. The van der Waals surface area contributed by atoms with Crippen LogP contribution in [0.25, 0.3) is 10.1 Å². The molecule has 5 heteroatoms. The fraction of sp³-hybridized carbons (Fsp3) is 0.412. The van der Waals surface area contributed by atoms with E-state index in [-0.39, 0.29) is 18.5 Å². The molecule has 1 saturated carbocycles. The summed E-state index contributed by atoms with van der Waals surface area (Å²) in [6.07, 6.45) is 3.93. The fourth-order valence-corrected chi connectivity index (χ4v) is 3.75. The van der Waals surface area contributed by atoms with E-state index in [1.807, 2.05) is 12.1 Å². The normalized spacial score (nSPS) is 14.2. The van der Waals surface area contributed by atoms with E-state index in [1.54, 1.807) is 11.3 Å². The first kappa shape index (κ1) is 15.0. The van der Waals surface area contributed by atoms with Crippen LogP contribution in [0, 0.1) is 0 Å². The van der Waals surface area contributed by atoms with Crippen LogP contribution in [0.2, 0.25) is 0 Å². The minimum atomic E-state index is -0.927. The lowest BCUT2D eigenvalue weighted by Crippen LogP contribution is -2.37. The molecular formula is C17H19NO3S. The number of benzene rings is 1. The van der Waals surface area contributed by atoms with Crippen LogP contribution in [-0.4, -0.2) is 34.5 Å². The Morgan fingerprint density at radius 1 is 1.27 bits per heavy atom. The summed E-state index contributed by atoms with van der Waals surface area (Å²) in [5.41, 5.74) is 1.28. The van der Waals surface area contributed by atoms with E-state index in [0.717, 1.165) is 25.7 Å². The molecule has 0 atom stereocenters. The first-order valence-corrected chi connectivity index (χ1v) is 8.49. The monoisotopic (exact) mass is 317 g/mol. The molecule has 3 rings (SSSR count). The van der Waals surface area contributed by atoms with Gasteiger partial charge in [0, 0.05) is 17.2 Å². The van der Waals surface area contributed by atoms with Crippen molar-refractivity contribution in [3.8, 4) is 0 Å². The van der Waals surface area contributed by atoms with E-state index in [0.29, 0.717) is 6.42 Å². The molecule has 1 fully saturated rings. The minimum absolute atomic E-state index is 0.0237. The Labute approximate surface area is 133 Å². The maximum Gasteiger partial charge on any atom is 0.323 e. The predicted octanol–water partition coefficient (Wildman–Crippen LogP) is 3.30. The number of aliphatic carboxylic acids is 1. The van der Waals surface area contributed by atoms with Crippen LogP contribution < -0.4 is 0 Å². The Morgan fingerprint density at radius 2 is 2.05 bits per heavy atom. The fourth-order valence-electron chi connectivity index (χ4n) is 2.75. The molecule has 0 spiro atoms. The maximum atomic E-state index is 12.2. The van der Waals surface area contributed by atoms with E-state index in [1.165, 1.54) is 20.5 Å². The van der Waals surface area contributed by atoms with Gasteiger partial charge in [0.15, 0.2) is 0 Å². The molecule has 2 aromatic rings. The van der Waals surface area contributed by atoms with E-state index in [9.17, 15) is 9.59 Å². The van der Waals surface area contributed by atoms with Crippen LogP contribution in [0.4, 0.5) is 0 Å². The lowest BCUT2D eigenvalue weighted by atomic mass is 10.1. The third kappa shape index (κ3) is 3.47. The molecule has 1 heterocycles. The van der Waals surface area contributed by atoms with Crippen molar-refractivity contribution in [2.45, 2.75) is 38.1 Å². The average molecular weight is 317 g/mol. The zero-order valence-electron chi connectivity index (χ0n) is 12.3. The van der Waals surface area contributed by atoms with Crippen LogP contribution in [-0.2, 0) is 16.0 Å². The van der Waals surface area contributed by atoms with Crippen LogP contribution in [0.15, 0.2) is 29.6 Å². The van der Waals surface area contributed by atoms with E-state index >= 15 is 0 Å². The van der Waals surface area contributed by atoms with Crippen LogP contribution in [0.3, 0.4) is 0 Å². The van der Waals surface area contributed by atoms with Crippen molar-refractivity contribution in [2.75, 3.05) is 6.54 Å². The molecule has 0 unspecified atom stereocenters. The van der Waals surface area contributed by atoms with Gasteiger partial charge in [-0.05, 0) is 48.1 Å². The maximum absolute atomic E-state index is 12.2. The molecule has 0 aliphatic heterocycles. The molecule has 1 N–H and O–H groups in total. The Bertz CT molecular complexity index is 690. The van der Waals surface area contributed by atoms with Gasteiger partial charge in [-0.25, -0.2) is 0 Å². The molecule has 0 radical (unpaired) electrons. The van der Waals surface area contributed by atoms with Crippen LogP contribution >= 0.6 is 11.3 Å². The second kappa shape index (κ2) is 6.48. The van der Waals surface area contributed by atoms with Crippen LogP contribution in [0.5, 0.6) is 0 Å². The quantitative estimate of drug-likeness (QED) is 0.852. The van der Waals surface area contributed by atoms with Gasteiger partial charge >= 0.3 is 5.97 Å². The standard InChI is InChI=1S/C17H19NO3S/c19-16(18(10-17(20)21)13-8-9-13)7-3-4-12-11-22-15-6-2-1-5-14(12)15/h1-2,5-6,11,13H,3-4,7-10H2,(H,20,21). The topological polar surface area (TPSA) is 57.6 Å². The molecule has 0 saturated heterocycles. The van der Waals surface area contributed by atoms with E-state index in [4.69, 9.17) is 5.11 Å². The van der Waals surface area contributed by atoms with E-state index < -0.39 is 5.97 Å². The van der Waals surface area contributed by atoms with Crippen molar-refractivity contribution >= 4 is 33.3 Å². The molecule has 1 amide bonds. The van der Waals surface area contributed by atoms with Gasteiger partial charge < -0.3 is 10.0 Å². The van der Waals surface area contributed by atoms with Crippen molar-refractivity contribution in [3.05, 3.63) is 35.2 Å². The summed E-state index contributed by atoms with van der Waals surface area (Å²) in [5, 5.41) is 12.3. The molecule has 4 nitrogen and oxygen atoms in total. The molecule has 0 bridgehead atoms. The summed E-state index contributed by atoms with van der Waals surface area (Å²) in [4.78, 5) is 24.6. The zero-order valence-corrected chi connectivity index (χ0v) is 13.1.